The molecule has 0 aliphatic carbocycles. The summed E-state index contributed by atoms with van der Waals surface area (Å²) in [5.74, 6) is 0.00935. The molecule has 2 aromatic rings. The minimum absolute atomic E-state index is 0.0485. The van der Waals surface area contributed by atoms with Gasteiger partial charge in [-0.05, 0) is 37.3 Å². The van der Waals surface area contributed by atoms with Gasteiger partial charge in [0.25, 0.3) is 11.6 Å². The van der Waals surface area contributed by atoms with Crippen LogP contribution in [0.5, 0.6) is 5.75 Å². The van der Waals surface area contributed by atoms with Crippen molar-refractivity contribution in [2.24, 2.45) is 0 Å². The summed E-state index contributed by atoms with van der Waals surface area (Å²) in [4.78, 5) is 22.5. The van der Waals surface area contributed by atoms with Crippen LogP contribution in [0.4, 0.5) is 11.4 Å². The number of thiocarbonyl (C=S) groups is 1. The lowest BCUT2D eigenvalue weighted by atomic mass is 10.2. The first kappa shape index (κ1) is 20.3. The number of hydrogen-bond acceptors (Lipinski definition) is 6. The van der Waals surface area contributed by atoms with Crippen molar-refractivity contribution in [3.63, 3.8) is 0 Å². The van der Waals surface area contributed by atoms with Crippen molar-refractivity contribution in [1.29, 1.82) is 0 Å². The fourth-order valence-electron chi connectivity index (χ4n) is 2.14. The standard InChI is InChI=1S/C18H19N3O5S/c1-2-25-10-11-26-16-9-4-3-8-15(16)19-18(27)20-17(22)13-6-5-7-14(12-13)21(23)24/h3-9,12H,2,10-11H2,1H3,(H2,19,20,22,27). The van der Waals surface area contributed by atoms with E-state index in [1.165, 1.54) is 24.3 Å². The Kier molecular flexibility index (Phi) is 7.65. The maximum absolute atomic E-state index is 12.2. The lowest BCUT2D eigenvalue weighted by Crippen LogP contribution is -2.34. The van der Waals surface area contributed by atoms with E-state index in [4.69, 9.17) is 21.7 Å². The van der Waals surface area contributed by atoms with Crippen LogP contribution in [0, 0.1) is 10.1 Å². The molecule has 0 spiro atoms. The van der Waals surface area contributed by atoms with Gasteiger partial charge in [-0.1, -0.05) is 18.2 Å². The fourth-order valence-corrected chi connectivity index (χ4v) is 2.34. The molecule has 9 heteroatoms. The Bertz CT molecular complexity index is 828. The number of rotatable bonds is 8. The van der Waals surface area contributed by atoms with Gasteiger partial charge < -0.3 is 14.8 Å². The van der Waals surface area contributed by atoms with Gasteiger partial charge in [0, 0.05) is 24.3 Å². The second kappa shape index (κ2) is 10.2. The van der Waals surface area contributed by atoms with Crippen LogP contribution >= 0.6 is 12.2 Å². The highest BCUT2D eigenvalue weighted by atomic mass is 32.1. The number of nitro groups is 1. The highest BCUT2D eigenvalue weighted by molar-refractivity contribution is 7.80. The highest BCUT2D eigenvalue weighted by Gasteiger charge is 2.13. The lowest BCUT2D eigenvalue weighted by Gasteiger charge is -2.14. The van der Waals surface area contributed by atoms with Crippen LogP contribution < -0.4 is 15.4 Å². The summed E-state index contributed by atoms with van der Waals surface area (Å²) in [6, 6.07) is 12.5. The molecular weight excluding hydrogens is 370 g/mol. The van der Waals surface area contributed by atoms with Crippen molar-refractivity contribution in [2.45, 2.75) is 6.92 Å². The average Bonchev–Trinajstić information content (AvgIpc) is 2.66. The van der Waals surface area contributed by atoms with Gasteiger partial charge in [-0.3, -0.25) is 20.2 Å². The van der Waals surface area contributed by atoms with Crippen LogP contribution in [0.15, 0.2) is 48.5 Å². The van der Waals surface area contributed by atoms with E-state index in [0.717, 1.165) is 0 Å². The van der Waals surface area contributed by atoms with Crippen LogP contribution in [0.3, 0.4) is 0 Å². The normalized spacial score (nSPS) is 10.1. The smallest absolute Gasteiger partial charge is 0.270 e. The summed E-state index contributed by atoms with van der Waals surface area (Å²) in [7, 11) is 0. The molecule has 0 heterocycles. The number of non-ortho nitro benzene ring substituents is 1. The Morgan fingerprint density at radius 1 is 1.19 bits per heavy atom. The van der Waals surface area contributed by atoms with Crippen molar-refractivity contribution in [3.8, 4) is 5.75 Å². The Morgan fingerprint density at radius 3 is 2.70 bits per heavy atom. The summed E-state index contributed by atoms with van der Waals surface area (Å²) in [5, 5.41) is 16.2. The first-order valence-electron chi connectivity index (χ1n) is 8.17. The topological polar surface area (TPSA) is 103 Å². The van der Waals surface area contributed by atoms with Crippen molar-refractivity contribution in [1.82, 2.24) is 5.32 Å². The van der Waals surface area contributed by atoms with Crippen LogP contribution in [-0.2, 0) is 4.74 Å². The van der Waals surface area contributed by atoms with E-state index in [1.807, 2.05) is 13.0 Å². The van der Waals surface area contributed by atoms with Crippen LogP contribution in [0.25, 0.3) is 0 Å². The van der Waals surface area contributed by atoms with E-state index in [1.54, 1.807) is 18.2 Å². The SMILES string of the molecule is CCOCCOc1ccccc1NC(=S)NC(=O)c1cccc([N+](=O)[O-])c1. The molecule has 0 bridgehead atoms. The minimum Gasteiger partial charge on any atom is -0.489 e. The minimum atomic E-state index is -0.566. The molecule has 142 valence electrons. The zero-order valence-electron chi connectivity index (χ0n) is 14.6. The Labute approximate surface area is 161 Å². The number of carbonyl (C=O) groups is 1. The van der Waals surface area contributed by atoms with E-state index < -0.39 is 10.8 Å². The summed E-state index contributed by atoms with van der Waals surface area (Å²) < 4.78 is 10.9. The highest BCUT2D eigenvalue weighted by Crippen LogP contribution is 2.23. The first-order valence-corrected chi connectivity index (χ1v) is 8.58. The van der Waals surface area contributed by atoms with Gasteiger partial charge >= 0.3 is 0 Å². The third kappa shape index (κ3) is 6.32. The number of hydrogen-bond donors (Lipinski definition) is 2. The zero-order valence-corrected chi connectivity index (χ0v) is 15.5. The number of ether oxygens (including phenoxy) is 2. The molecule has 2 N–H and O–H groups in total. The second-order valence-electron chi connectivity index (χ2n) is 5.26. The van der Waals surface area contributed by atoms with E-state index in [0.29, 0.717) is 31.3 Å². The molecule has 0 unspecified atom stereocenters. The molecule has 0 aliphatic rings. The number of para-hydroxylation sites is 2. The van der Waals surface area contributed by atoms with Gasteiger partial charge in [0.1, 0.15) is 12.4 Å². The van der Waals surface area contributed by atoms with Crippen LogP contribution in [0.1, 0.15) is 17.3 Å². The third-order valence-corrected chi connectivity index (χ3v) is 3.57. The van der Waals surface area contributed by atoms with E-state index in [9.17, 15) is 14.9 Å². The molecule has 0 aromatic heterocycles. The molecule has 0 aliphatic heterocycles. The summed E-state index contributed by atoms with van der Waals surface area (Å²) in [5.41, 5.74) is 0.544. The van der Waals surface area contributed by atoms with Gasteiger partial charge in [0.2, 0.25) is 0 Å². The number of carbonyl (C=O) groups excluding carboxylic acids is 1. The molecule has 8 nitrogen and oxygen atoms in total. The molecule has 2 aromatic carbocycles. The molecule has 0 fully saturated rings. The molecular formula is C18H19N3O5S. The first-order chi connectivity index (χ1) is 13.0. The van der Waals surface area contributed by atoms with E-state index in [-0.39, 0.29) is 16.4 Å². The summed E-state index contributed by atoms with van der Waals surface area (Å²) in [6.45, 7) is 3.34. The van der Waals surface area contributed by atoms with E-state index >= 15 is 0 Å². The Balaban J connectivity index is 1.98. The number of benzene rings is 2. The van der Waals surface area contributed by atoms with Gasteiger partial charge in [-0.25, -0.2) is 0 Å². The number of anilines is 1. The molecule has 1 amide bonds. The van der Waals surface area contributed by atoms with Gasteiger partial charge in [0.15, 0.2) is 5.11 Å². The lowest BCUT2D eigenvalue weighted by molar-refractivity contribution is -0.384. The number of nitro benzene ring substituents is 1. The third-order valence-electron chi connectivity index (χ3n) is 3.37. The van der Waals surface area contributed by atoms with Crippen molar-refractivity contribution < 1.29 is 19.2 Å². The number of nitrogens with zero attached hydrogens (tertiary/aromatic N) is 1. The van der Waals surface area contributed by atoms with Crippen LogP contribution in [0.2, 0.25) is 0 Å². The second-order valence-corrected chi connectivity index (χ2v) is 5.67. The predicted octanol–water partition coefficient (Wildman–Crippen LogP) is 3.14. The molecule has 0 saturated heterocycles. The van der Waals surface area contributed by atoms with Crippen molar-refractivity contribution in [3.05, 3.63) is 64.2 Å². The summed E-state index contributed by atoms with van der Waals surface area (Å²) >= 11 is 5.15. The van der Waals surface area contributed by atoms with E-state index in [2.05, 4.69) is 10.6 Å². The van der Waals surface area contributed by atoms with Gasteiger partial charge in [-0.15, -0.1) is 0 Å². The average molecular weight is 389 g/mol. The molecule has 27 heavy (non-hydrogen) atoms. The zero-order chi connectivity index (χ0) is 19.6. The molecule has 0 radical (unpaired) electrons. The monoisotopic (exact) mass is 389 g/mol. The predicted molar refractivity (Wildman–Crippen MR) is 105 cm³/mol. The van der Waals surface area contributed by atoms with Gasteiger partial charge in [-0.2, -0.15) is 0 Å². The fraction of sp³-hybridized carbons (Fsp3) is 0.222. The molecule has 2 rings (SSSR count). The number of amides is 1. The largest absolute Gasteiger partial charge is 0.489 e. The van der Waals surface area contributed by atoms with Crippen molar-refractivity contribution in [2.75, 3.05) is 25.1 Å². The molecule has 0 saturated carbocycles. The summed E-state index contributed by atoms with van der Waals surface area (Å²) in [6.07, 6.45) is 0. The quantitative estimate of drug-likeness (QED) is 0.309. The Hall–Kier alpha value is -3.04. The van der Waals surface area contributed by atoms with Crippen LogP contribution in [-0.4, -0.2) is 35.8 Å². The van der Waals surface area contributed by atoms with Gasteiger partial charge in [0.05, 0.1) is 17.2 Å². The maximum Gasteiger partial charge on any atom is 0.270 e. The Morgan fingerprint density at radius 2 is 1.96 bits per heavy atom. The van der Waals surface area contributed by atoms with Crippen molar-refractivity contribution >= 4 is 34.6 Å². The molecule has 0 atom stereocenters. The number of nitrogens with one attached hydrogen (secondary N) is 2. The maximum atomic E-state index is 12.2.